The van der Waals surface area contributed by atoms with E-state index in [1.54, 1.807) is 30.1 Å². The van der Waals surface area contributed by atoms with Crippen LogP contribution in [-0.2, 0) is 0 Å². The molecule has 0 saturated heterocycles. The molecule has 0 aliphatic carbocycles. The van der Waals surface area contributed by atoms with Crippen LogP contribution in [0.25, 0.3) is 0 Å². The Labute approximate surface area is 128 Å². The van der Waals surface area contributed by atoms with Crippen molar-refractivity contribution in [3.8, 4) is 11.5 Å². The summed E-state index contributed by atoms with van der Waals surface area (Å²) < 4.78 is 19.6. The number of anilines is 1. The SMILES string of the molecule is Fc1ccc(Oc2cc(Br)cnc2N2C=CSC2)cc1. The van der Waals surface area contributed by atoms with Gasteiger partial charge in [-0.25, -0.2) is 9.37 Å². The van der Waals surface area contributed by atoms with Crippen LogP contribution in [0.1, 0.15) is 0 Å². The fourth-order valence-electron chi connectivity index (χ4n) is 1.75. The maximum Gasteiger partial charge on any atom is 0.176 e. The Balaban J connectivity index is 1.92. The summed E-state index contributed by atoms with van der Waals surface area (Å²) in [5, 5.41) is 2.01. The molecular weight excluding hydrogens is 343 g/mol. The molecule has 0 saturated carbocycles. The summed E-state index contributed by atoms with van der Waals surface area (Å²) in [5.41, 5.74) is 0. The highest BCUT2D eigenvalue weighted by molar-refractivity contribution is 9.10. The van der Waals surface area contributed by atoms with Gasteiger partial charge in [0.15, 0.2) is 11.6 Å². The predicted molar refractivity (Wildman–Crippen MR) is 82.5 cm³/mol. The third kappa shape index (κ3) is 2.96. The molecule has 0 atom stereocenters. The van der Waals surface area contributed by atoms with E-state index in [1.165, 1.54) is 12.1 Å². The third-order valence-corrected chi connectivity index (χ3v) is 3.84. The van der Waals surface area contributed by atoms with Crippen LogP contribution in [0.2, 0.25) is 0 Å². The third-order valence-electron chi connectivity index (χ3n) is 2.66. The summed E-state index contributed by atoms with van der Waals surface area (Å²) in [6.07, 6.45) is 3.68. The van der Waals surface area contributed by atoms with Crippen LogP contribution in [0.5, 0.6) is 11.5 Å². The fraction of sp³-hybridized carbons (Fsp3) is 0.0714. The minimum atomic E-state index is -0.288. The van der Waals surface area contributed by atoms with E-state index in [9.17, 15) is 4.39 Å². The van der Waals surface area contributed by atoms with Gasteiger partial charge in [0.05, 0.1) is 5.88 Å². The standard InChI is InChI=1S/C14H10BrFN2OS/c15-10-7-13(19-12-3-1-11(16)2-4-12)14(17-8-10)18-5-6-20-9-18/h1-8H,9H2. The van der Waals surface area contributed by atoms with Crippen molar-refractivity contribution in [2.24, 2.45) is 0 Å². The topological polar surface area (TPSA) is 25.4 Å². The van der Waals surface area contributed by atoms with E-state index in [-0.39, 0.29) is 5.82 Å². The first-order chi connectivity index (χ1) is 9.72. The number of rotatable bonds is 3. The molecule has 2 aromatic rings. The molecule has 0 amide bonds. The van der Waals surface area contributed by atoms with E-state index in [0.717, 1.165) is 16.2 Å². The number of aromatic nitrogens is 1. The Kier molecular flexibility index (Phi) is 3.93. The highest BCUT2D eigenvalue weighted by atomic mass is 79.9. The first kappa shape index (κ1) is 13.5. The molecular formula is C14H10BrFN2OS. The number of pyridine rings is 1. The smallest absolute Gasteiger partial charge is 0.176 e. The van der Waals surface area contributed by atoms with Crippen LogP contribution in [0.3, 0.4) is 0 Å². The summed E-state index contributed by atoms with van der Waals surface area (Å²) in [4.78, 5) is 6.39. The Morgan fingerprint density at radius 3 is 2.80 bits per heavy atom. The Hall–Kier alpha value is -1.53. The van der Waals surface area contributed by atoms with Gasteiger partial charge in [-0.1, -0.05) is 0 Å². The molecule has 1 aliphatic rings. The minimum absolute atomic E-state index is 0.288. The van der Waals surface area contributed by atoms with Crippen LogP contribution >= 0.6 is 27.7 Å². The van der Waals surface area contributed by atoms with Gasteiger partial charge in [-0.2, -0.15) is 0 Å². The molecule has 20 heavy (non-hydrogen) atoms. The zero-order valence-corrected chi connectivity index (χ0v) is 12.7. The highest BCUT2D eigenvalue weighted by Crippen LogP contribution is 2.35. The molecule has 6 heteroatoms. The zero-order valence-electron chi connectivity index (χ0n) is 10.3. The molecule has 0 unspecified atom stereocenters. The minimum Gasteiger partial charge on any atom is -0.453 e. The maximum atomic E-state index is 12.9. The molecule has 1 aromatic heterocycles. The van der Waals surface area contributed by atoms with Crippen LogP contribution < -0.4 is 9.64 Å². The number of halogens is 2. The number of benzene rings is 1. The molecule has 2 heterocycles. The molecule has 0 bridgehead atoms. The van der Waals surface area contributed by atoms with E-state index in [2.05, 4.69) is 20.9 Å². The van der Waals surface area contributed by atoms with Crippen LogP contribution in [-0.4, -0.2) is 10.9 Å². The van der Waals surface area contributed by atoms with Crippen LogP contribution in [0, 0.1) is 5.82 Å². The summed E-state index contributed by atoms with van der Waals surface area (Å²) in [6.45, 7) is 0. The molecule has 1 aliphatic heterocycles. The lowest BCUT2D eigenvalue weighted by atomic mass is 10.3. The lowest BCUT2D eigenvalue weighted by Gasteiger charge is -2.18. The van der Waals surface area contributed by atoms with Gasteiger partial charge < -0.3 is 9.64 Å². The van der Waals surface area contributed by atoms with Gasteiger partial charge in [-0.3, -0.25) is 0 Å². The van der Waals surface area contributed by atoms with Crippen molar-refractivity contribution in [2.75, 3.05) is 10.8 Å². The van der Waals surface area contributed by atoms with E-state index >= 15 is 0 Å². The number of ether oxygens (including phenoxy) is 1. The van der Waals surface area contributed by atoms with Crippen molar-refractivity contribution in [3.05, 3.63) is 58.4 Å². The van der Waals surface area contributed by atoms with E-state index in [1.807, 2.05) is 22.6 Å². The average molecular weight is 353 g/mol. The molecule has 0 N–H and O–H groups in total. The van der Waals surface area contributed by atoms with Gasteiger partial charge in [0.2, 0.25) is 0 Å². The predicted octanol–water partition coefficient (Wildman–Crippen LogP) is 4.76. The molecule has 0 fully saturated rings. The van der Waals surface area contributed by atoms with Gasteiger partial charge >= 0.3 is 0 Å². The van der Waals surface area contributed by atoms with Gasteiger partial charge in [-0.05, 0) is 45.6 Å². The van der Waals surface area contributed by atoms with Crippen molar-refractivity contribution in [1.82, 2.24) is 4.98 Å². The maximum absolute atomic E-state index is 12.9. The summed E-state index contributed by atoms with van der Waals surface area (Å²) >= 11 is 5.07. The van der Waals surface area contributed by atoms with Gasteiger partial charge in [-0.15, -0.1) is 11.8 Å². The quantitative estimate of drug-likeness (QED) is 0.795. The number of hydrogen-bond acceptors (Lipinski definition) is 4. The first-order valence-electron chi connectivity index (χ1n) is 5.86. The average Bonchev–Trinajstić information content (AvgIpc) is 2.95. The summed E-state index contributed by atoms with van der Waals surface area (Å²) in [7, 11) is 0. The van der Waals surface area contributed by atoms with Crippen molar-refractivity contribution >= 4 is 33.5 Å². The fourth-order valence-corrected chi connectivity index (χ4v) is 2.75. The monoisotopic (exact) mass is 352 g/mol. The second-order valence-corrected chi connectivity index (χ2v) is 5.86. The van der Waals surface area contributed by atoms with Gasteiger partial charge in [0.1, 0.15) is 11.6 Å². The lowest BCUT2D eigenvalue weighted by Crippen LogP contribution is -2.13. The highest BCUT2D eigenvalue weighted by Gasteiger charge is 2.16. The molecule has 102 valence electrons. The van der Waals surface area contributed by atoms with E-state index < -0.39 is 0 Å². The number of hydrogen-bond donors (Lipinski definition) is 0. The van der Waals surface area contributed by atoms with Crippen molar-refractivity contribution in [2.45, 2.75) is 0 Å². The number of nitrogens with zero attached hydrogens (tertiary/aromatic N) is 2. The number of thioether (sulfide) groups is 1. The second kappa shape index (κ2) is 5.85. The Morgan fingerprint density at radius 2 is 2.10 bits per heavy atom. The summed E-state index contributed by atoms with van der Waals surface area (Å²) in [5.74, 6) is 2.44. The molecule has 3 nitrogen and oxygen atoms in total. The normalized spacial score (nSPS) is 13.8. The van der Waals surface area contributed by atoms with Crippen molar-refractivity contribution < 1.29 is 9.13 Å². The zero-order chi connectivity index (χ0) is 13.9. The van der Waals surface area contributed by atoms with E-state index in [4.69, 9.17) is 4.74 Å². The molecule has 1 aromatic carbocycles. The van der Waals surface area contributed by atoms with Gasteiger partial charge in [0, 0.05) is 22.9 Å². The molecule has 3 rings (SSSR count). The van der Waals surface area contributed by atoms with Gasteiger partial charge in [0.25, 0.3) is 0 Å². The largest absolute Gasteiger partial charge is 0.453 e. The second-order valence-electron chi connectivity index (χ2n) is 4.08. The van der Waals surface area contributed by atoms with E-state index in [0.29, 0.717) is 11.5 Å². The van der Waals surface area contributed by atoms with Crippen molar-refractivity contribution in [3.63, 3.8) is 0 Å². The Bertz CT molecular complexity index is 648. The van der Waals surface area contributed by atoms with Crippen LogP contribution in [0.4, 0.5) is 10.2 Å². The first-order valence-corrected chi connectivity index (χ1v) is 7.70. The van der Waals surface area contributed by atoms with Crippen molar-refractivity contribution in [1.29, 1.82) is 0 Å². The Morgan fingerprint density at radius 1 is 1.30 bits per heavy atom. The summed E-state index contributed by atoms with van der Waals surface area (Å²) in [6, 6.07) is 7.77. The molecule has 0 radical (unpaired) electrons. The molecule has 0 spiro atoms. The van der Waals surface area contributed by atoms with Crippen LogP contribution in [0.15, 0.2) is 52.6 Å². The lowest BCUT2D eigenvalue weighted by molar-refractivity contribution is 0.478.